The molecule has 6 aromatic carbocycles. The minimum atomic E-state index is -0.200. The quantitative estimate of drug-likeness (QED) is 0.169. The van der Waals surface area contributed by atoms with Crippen molar-refractivity contribution in [2.24, 2.45) is 0 Å². The summed E-state index contributed by atoms with van der Waals surface area (Å²) in [5.41, 5.74) is 16.1. The first-order valence-electron chi connectivity index (χ1n) is 22.1. The molecule has 0 fully saturated rings. The first-order valence-corrected chi connectivity index (χ1v) is 22.1. The molecule has 9 rings (SSSR count). The summed E-state index contributed by atoms with van der Waals surface area (Å²) >= 11 is 0. The second kappa shape index (κ2) is 16.2. The first kappa shape index (κ1) is 44.1. The molecule has 0 atom stereocenters. The maximum atomic E-state index is 12.6. The van der Waals surface area contributed by atoms with Crippen LogP contribution in [0.25, 0.3) is 72.7 Å². The van der Waals surface area contributed by atoms with Crippen molar-refractivity contribution in [3.05, 3.63) is 168 Å². The van der Waals surface area contributed by atoms with E-state index >= 15 is 0 Å². The van der Waals surface area contributed by atoms with Gasteiger partial charge in [0, 0.05) is 44.1 Å². The van der Waals surface area contributed by atoms with Crippen molar-refractivity contribution in [2.75, 3.05) is 0 Å². The number of phenolic OH excluding ortho intramolecular Hbond substituents is 1. The summed E-state index contributed by atoms with van der Waals surface area (Å²) in [4.78, 5) is 10.5. The Morgan fingerprint density at radius 1 is 0.587 bits per heavy atom. The van der Waals surface area contributed by atoms with E-state index in [0.717, 1.165) is 85.3 Å². The van der Waals surface area contributed by atoms with E-state index in [1.165, 1.54) is 16.7 Å². The topological polar surface area (TPSA) is 50.9 Å². The Hall–Kier alpha value is -5.57. The third kappa shape index (κ3) is 8.13. The van der Waals surface area contributed by atoms with E-state index in [9.17, 15) is 5.11 Å². The number of benzene rings is 6. The zero-order valence-electron chi connectivity index (χ0n) is 38.3. The number of hydrogen-bond acceptors (Lipinski definition) is 3. The van der Waals surface area contributed by atoms with Gasteiger partial charge in [-0.3, -0.25) is 9.55 Å². The third-order valence-corrected chi connectivity index (χ3v) is 13.3. The standard InChI is InChI=1S/C58H58N3O.Pt/c1-55(2,3)42-25-23-37(24-26-42)39-29-32-59-48(36-39)41-33-40(34-43(35-41)56(4,5)6)45-20-16-22-50-52(45)60-54(61(50)49-21-15-14-19-44(49)38-17-12-11-13-18-38)46-27-28-47-51(53(46)62)58(9,10)31-30-57(47,7)8;/h11-29,32,34-36,62H,30-31H2,1-10H3;/q-1;. The van der Waals surface area contributed by atoms with Crippen molar-refractivity contribution in [3.8, 4) is 67.5 Å². The largest absolute Gasteiger partial charge is 0.507 e. The molecule has 0 saturated carbocycles. The average molecular weight is 1010 g/mol. The number of hydrogen-bond donors (Lipinski definition) is 1. The Balaban J connectivity index is 0.00000544. The van der Waals surface area contributed by atoms with Crippen molar-refractivity contribution in [3.63, 3.8) is 0 Å². The SMILES string of the molecule is CC(C)(C)c1ccc(-c2ccnc(-c3[c-]c(-c4cccc5c4nc(-c4ccc6c(c4O)C(C)(C)CCC6(C)C)n5-c4ccccc4-c4ccccc4)cc(C(C)(C)C)c3)c2)cc1.[Pt]. The Kier molecular flexibility index (Phi) is 11.3. The molecule has 2 aromatic heterocycles. The molecule has 0 spiro atoms. The normalized spacial score (nSPS) is 14.6. The predicted octanol–water partition coefficient (Wildman–Crippen LogP) is 15.2. The molecule has 4 nitrogen and oxygen atoms in total. The number of aromatic nitrogens is 3. The van der Waals surface area contributed by atoms with E-state index in [-0.39, 0.29) is 42.7 Å². The summed E-state index contributed by atoms with van der Waals surface area (Å²) < 4.78 is 2.26. The molecule has 0 saturated heterocycles. The van der Waals surface area contributed by atoms with Gasteiger partial charge in [-0.05, 0) is 86.6 Å². The van der Waals surface area contributed by atoms with Crippen LogP contribution in [0, 0.1) is 6.07 Å². The minimum absolute atomic E-state index is 0. The minimum Gasteiger partial charge on any atom is -0.507 e. The molecule has 322 valence electrons. The van der Waals surface area contributed by atoms with Gasteiger partial charge in [0.05, 0.1) is 22.3 Å². The fourth-order valence-corrected chi connectivity index (χ4v) is 9.38. The number of nitrogens with zero attached hydrogens (tertiary/aromatic N) is 3. The van der Waals surface area contributed by atoms with Crippen LogP contribution in [0.15, 0.2) is 140 Å². The van der Waals surface area contributed by atoms with Gasteiger partial charge < -0.3 is 5.11 Å². The second-order valence-electron chi connectivity index (χ2n) is 20.7. The van der Waals surface area contributed by atoms with Crippen LogP contribution in [-0.2, 0) is 42.7 Å². The number of phenols is 1. The van der Waals surface area contributed by atoms with Gasteiger partial charge in [-0.1, -0.05) is 177 Å². The van der Waals surface area contributed by atoms with Crippen LogP contribution in [0.3, 0.4) is 0 Å². The molecule has 0 radical (unpaired) electrons. The number of rotatable bonds is 6. The van der Waals surface area contributed by atoms with Crippen molar-refractivity contribution in [1.82, 2.24) is 14.5 Å². The van der Waals surface area contributed by atoms with Crippen molar-refractivity contribution >= 4 is 11.0 Å². The summed E-state index contributed by atoms with van der Waals surface area (Å²) in [6, 6.07) is 51.4. The molecule has 63 heavy (non-hydrogen) atoms. The fourth-order valence-electron chi connectivity index (χ4n) is 9.38. The zero-order chi connectivity index (χ0) is 43.8. The van der Waals surface area contributed by atoms with Crippen LogP contribution in [0.1, 0.15) is 104 Å². The van der Waals surface area contributed by atoms with Crippen molar-refractivity contribution in [1.29, 1.82) is 0 Å². The first-order chi connectivity index (χ1) is 29.4. The van der Waals surface area contributed by atoms with Crippen LogP contribution >= 0.6 is 0 Å². The van der Waals surface area contributed by atoms with Gasteiger partial charge in [-0.2, -0.15) is 0 Å². The third-order valence-electron chi connectivity index (χ3n) is 13.3. The van der Waals surface area contributed by atoms with Gasteiger partial charge in [0.15, 0.2) is 0 Å². The Morgan fingerprint density at radius 2 is 1.24 bits per heavy atom. The van der Waals surface area contributed by atoms with E-state index in [1.54, 1.807) is 0 Å². The molecule has 0 amide bonds. The number of imidazole rings is 1. The van der Waals surface area contributed by atoms with Gasteiger partial charge in [0.1, 0.15) is 11.6 Å². The molecular formula is C58H58N3OPt-. The van der Waals surface area contributed by atoms with Gasteiger partial charge in [-0.15, -0.1) is 29.3 Å². The van der Waals surface area contributed by atoms with Gasteiger partial charge >= 0.3 is 0 Å². The van der Waals surface area contributed by atoms with Crippen LogP contribution < -0.4 is 0 Å². The molecule has 0 bridgehead atoms. The molecule has 8 aromatic rings. The molecular weight excluding hydrogens is 950 g/mol. The molecule has 0 unspecified atom stereocenters. The number of pyridine rings is 1. The molecule has 0 aliphatic heterocycles. The maximum absolute atomic E-state index is 12.6. The monoisotopic (exact) mass is 1010 g/mol. The van der Waals surface area contributed by atoms with Gasteiger partial charge in [0.2, 0.25) is 0 Å². The molecule has 1 aliphatic carbocycles. The summed E-state index contributed by atoms with van der Waals surface area (Å²) in [5.74, 6) is 1.02. The van der Waals surface area contributed by atoms with E-state index in [2.05, 4.69) is 213 Å². The number of aromatic hydroxyl groups is 1. The summed E-state index contributed by atoms with van der Waals surface area (Å²) in [7, 11) is 0. The Labute approximate surface area is 388 Å². The number of para-hydroxylation sites is 2. The molecule has 2 heterocycles. The van der Waals surface area contributed by atoms with E-state index in [4.69, 9.17) is 9.97 Å². The van der Waals surface area contributed by atoms with Crippen molar-refractivity contribution in [2.45, 2.75) is 104 Å². The van der Waals surface area contributed by atoms with Crippen LogP contribution in [-0.4, -0.2) is 19.6 Å². The van der Waals surface area contributed by atoms with E-state index in [0.29, 0.717) is 11.6 Å². The molecule has 5 heteroatoms. The summed E-state index contributed by atoms with van der Waals surface area (Å²) in [6.45, 7) is 22.6. The Morgan fingerprint density at radius 3 is 1.95 bits per heavy atom. The smallest absolute Gasteiger partial charge is 0.148 e. The predicted molar refractivity (Wildman–Crippen MR) is 259 cm³/mol. The molecule has 1 N–H and O–H groups in total. The average Bonchev–Trinajstić information content (AvgIpc) is 3.64. The zero-order valence-corrected chi connectivity index (χ0v) is 40.6. The van der Waals surface area contributed by atoms with E-state index < -0.39 is 0 Å². The van der Waals surface area contributed by atoms with Crippen LogP contribution in [0.4, 0.5) is 0 Å². The van der Waals surface area contributed by atoms with Crippen LogP contribution in [0.2, 0.25) is 0 Å². The van der Waals surface area contributed by atoms with Crippen molar-refractivity contribution < 1.29 is 26.2 Å². The summed E-state index contributed by atoms with van der Waals surface area (Å²) in [5, 5.41) is 12.6. The van der Waals surface area contributed by atoms with Gasteiger partial charge in [-0.25, -0.2) is 4.98 Å². The summed E-state index contributed by atoms with van der Waals surface area (Å²) in [6.07, 6.45) is 3.96. The fraction of sp³-hybridized carbons (Fsp3) is 0.276. The Bertz CT molecular complexity index is 2980. The van der Waals surface area contributed by atoms with E-state index in [1.807, 2.05) is 6.20 Å². The van der Waals surface area contributed by atoms with Gasteiger partial charge in [0.25, 0.3) is 0 Å². The maximum Gasteiger partial charge on any atom is 0.148 e. The number of fused-ring (bicyclic) bond motifs is 2. The molecule has 1 aliphatic rings. The van der Waals surface area contributed by atoms with Crippen LogP contribution in [0.5, 0.6) is 5.75 Å². The second-order valence-corrected chi connectivity index (χ2v) is 20.7.